The number of aromatic nitrogens is 4. The van der Waals surface area contributed by atoms with Crippen LogP contribution in [0.4, 0.5) is 0 Å². The molecule has 0 spiro atoms. The largest absolute Gasteiger partial charge is 0.489 e. The van der Waals surface area contributed by atoms with Crippen LogP contribution in [-0.4, -0.2) is 19.6 Å². The smallest absolute Gasteiger partial charge is 0.275 e. The normalized spacial score (nSPS) is 11.2. The molecule has 0 aliphatic carbocycles. The highest BCUT2D eigenvalue weighted by molar-refractivity contribution is 5.48. The van der Waals surface area contributed by atoms with E-state index in [4.69, 9.17) is 4.74 Å². The molecule has 204 valence electrons. The highest BCUT2D eigenvalue weighted by Crippen LogP contribution is 2.33. The van der Waals surface area contributed by atoms with Crippen molar-refractivity contribution in [2.45, 2.75) is 26.4 Å². The number of aromatic amines is 2. The molecular formula is C34H30N4O3. The van der Waals surface area contributed by atoms with Crippen molar-refractivity contribution in [2.24, 2.45) is 0 Å². The minimum atomic E-state index is -0.611. The number of para-hydroxylation sites is 2. The molecule has 7 heteroatoms. The standard InChI is InChI=1S/C34H30N4O3/c1-23-30(33(39)37(35-23)27-14-8-4-9-15-27)32(31-24(2)36-38(34(31)40)28-16-10-5-11-17-28)26-18-20-29(21-19-26)41-22-25-12-6-3-7-13-25/h3-21,32,35-36H,22H2,1-2H3. The molecule has 6 aromatic rings. The van der Waals surface area contributed by atoms with Crippen LogP contribution >= 0.6 is 0 Å². The molecule has 0 fully saturated rings. The van der Waals surface area contributed by atoms with Crippen molar-refractivity contribution in [3.63, 3.8) is 0 Å². The van der Waals surface area contributed by atoms with Crippen molar-refractivity contribution < 1.29 is 4.74 Å². The van der Waals surface area contributed by atoms with Crippen LogP contribution in [0.3, 0.4) is 0 Å². The third kappa shape index (κ3) is 5.05. The van der Waals surface area contributed by atoms with E-state index in [-0.39, 0.29) is 11.1 Å². The molecule has 0 bridgehead atoms. The first kappa shape index (κ1) is 26.0. The van der Waals surface area contributed by atoms with Gasteiger partial charge >= 0.3 is 0 Å². The molecule has 6 rings (SSSR count). The summed E-state index contributed by atoms with van der Waals surface area (Å²) in [5.41, 5.74) is 5.37. The van der Waals surface area contributed by atoms with Crippen LogP contribution in [0.25, 0.3) is 11.4 Å². The Bertz CT molecular complexity index is 1780. The predicted molar refractivity (Wildman–Crippen MR) is 160 cm³/mol. The summed E-state index contributed by atoms with van der Waals surface area (Å²) in [4.78, 5) is 28.0. The van der Waals surface area contributed by atoms with Crippen LogP contribution in [0.5, 0.6) is 5.75 Å². The summed E-state index contributed by atoms with van der Waals surface area (Å²) in [7, 11) is 0. The van der Waals surface area contributed by atoms with Crippen molar-refractivity contribution in [3.8, 4) is 17.1 Å². The van der Waals surface area contributed by atoms with E-state index in [9.17, 15) is 9.59 Å². The van der Waals surface area contributed by atoms with Crippen LogP contribution in [0.2, 0.25) is 0 Å². The maximum Gasteiger partial charge on any atom is 0.275 e. The number of nitrogens with zero attached hydrogens (tertiary/aromatic N) is 2. The average Bonchev–Trinajstić information content (AvgIpc) is 3.48. The van der Waals surface area contributed by atoms with Crippen molar-refractivity contribution in [3.05, 3.63) is 170 Å². The van der Waals surface area contributed by atoms with Crippen molar-refractivity contribution >= 4 is 0 Å². The first-order chi connectivity index (χ1) is 20.0. The molecule has 0 aliphatic rings. The van der Waals surface area contributed by atoms with Gasteiger partial charge in [0.15, 0.2) is 0 Å². The van der Waals surface area contributed by atoms with Gasteiger partial charge in [-0.3, -0.25) is 19.8 Å². The number of aryl methyl sites for hydroxylation is 2. The lowest BCUT2D eigenvalue weighted by Crippen LogP contribution is -2.25. The number of benzene rings is 4. The first-order valence-corrected chi connectivity index (χ1v) is 13.5. The Morgan fingerprint density at radius 1 is 0.610 bits per heavy atom. The lowest BCUT2D eigenvalue weighted by molar-refractivity contribution is 0.306. The zero-order valence-corrected chi connectivity index (χ0v) is 22.9. The van der Waals surface area contributed by atoms with Gasteiger partial charge in [-0.1, -0.05) is 78.9 Å². The van der Waals surface area contributed by atoms with Crippen molar-refractivity contribution in [1.82, 2.24) is 19.6 Å². The zero-order valence-electron chi connectivity index (χ0n) is 22.9. The van der Waals surface area contributed by atoms with E-state index < -0.39 is 5.92 Å². The van der Waals surface area contributed by atoms with E-state index in [1.165, 1.54) is 9.36 Å². The van der Waals surface area contributed by atoms with Crippen LogP contribution in [0.15, 0.2) is 125 Å². The van der Waals surface area contributed by atoms with Crippen molar-refractivity contribution in [1.29, 1.82) is 0 Å². The van der Waals surface area contributed by atoms with E-state index in [1.54, 1.807) is 0 Å². The van der Waals surface area contributed by atoms with Crippen LogP contribution in [-0.2, 0) is 6.61 Å². The predicted octanol–water partition coefficient (Wildman–Crippen LogP) is 6.02. The lowest BCUT2D eigenvalue weighted by Gasteiger charge is -2.16. The maximum atomic E-state index is 14.0. The molecule has 0 amide bonds. The van der Waals surface area contributed by atoms with Gasteiger partial charge in [-0.05, 0) is 61.4 Å². The van der Waals surface area contributed by atoms with E-state index >= 15 is 0 Å². The third-order valence-electron chi connectivity index (χ3n) is 7.30. The molecule has 2 N–H and O–H groups in total. The second kappa shape index (κ2) is 11.1. The van der Waals surface area contributed by atoms with E-state index in [2.05, 4.69) is 10.2 Å². The molecule has 7 nitrogen and oxygen atoms in total. The number of hydrogen-bond acceptors (Lipinski definition) is 3. The van der Waals surface area contributed by atoms with Crippen molar-refractivity contribution in [2.75, 3.05) is 0 Å². The molecule has 0 unspecified atom stereocenters. The van der Waals surface area contributed by atoms with Gasteiger partial charge in [-0.2, -0.15) is 0 Å². The SMILES string of the molecule is Cc1[nH]n(-c2ccccc2)c(=O)c1C(c1ccc(OCc2ccccc2)cc1)c1c(C)[nH]n(-c2ccccc2)c1=O. The molecule has 0 saturated carbocycles. The Morgan fingerprint density at radius 3 is 1.51 bits per heavy atom. The number of nitrogens with one attached hydrogen (secondary N) is 2. The highest BCUT2D eigenvalue weighted by Gasteiger charge is 2.30. The van der Waals surface area contributed by atoms with Gasteiger partial charge in [-0.25, -0.2) is 9.36 Å². The number of H-pyrrole nitrogens is 2. The number of hydrogen-bond donors (Lipinski definition) is 2. The Kier molecular flexibility index (Phi) is 7.00. The van der Waals surface area contributed by atoms with Gasteiger partial charge in [0.25, 0.3) is 11.1 Å². The van der Waals surface area contributed by atoms with Gasteiger partial charge in [0.1, 0.15) is 12.4 Å². The molecule has 0 aliphatic heterocycles. The second-order valence-electron chi connectivity index (χ2n) is 10.0. The van der Waals surface area contributed by atoms with Crippen LogP contribution in [0.1, 0.15) is 39.6 Å². The topological polar surface area (TPSA) is 84.8 Å². The Balaban J connectivity index is 1.46. The van der Waals surface area contributed by atoms with Crippen LogP contribution < -0.4 is 15.9 Å². The minimum Gasteiger partial charge on any atom is -0.489 e. The summed E-state index contributed by atoms with van der Waals surface area (Å²) in [6.07, 6.45) is 0. The molecule has 0 atom stereocenters. The van der Waals surface area contributed by atoms with Gasteiger partial charge < -0.3 is 4.74 Å². The van der Waals surface area contributed by atoms with Gasteiger partial charge in [-0.15, -0.1) is 0 Å². The fraction of sp³-hybridized carbons (Fsp3) is 0.118. The summed E-state index contributed by atoms with van der Waals surface area (Å²) < 4.78 is 9.08. The molecule has 41 heavy (non-hydrogen) atoms. The summed E-state index contributed by atoms with van der Waals surface area (Å²) in [5, 5.41) is 6.47. The zero-order chi connectivity index (χ0) is 28.3. The third-order valence-corrected chi connectivity index (χ3v) is 7.30. The lowest BCUT2D eigenvalue weighted by atomic mass is 9.85. The fourth-order valence-electron chi connectivity index (χ4n) is 5.29. The Morgan fingerprint density at radius 2 is 1.05 bits per heavy atom. The maximum absolute atomic E-state index is 14.0. The molecule has 2 heterocycles. The summed E-state index contributed by atoms with van der Waals surface area (Å²) >= 11 is 0. The second-order valence-corrected chi connectivity index (χ2v) is 10.0. The molecule has 2 aromatic heterocycles. The number of rotatable bonds is 8. The molecular weight excluding hydrogens is 512 g/mol. The van der Waals surface area contributed by atoms with E-state index in [0.717, 1.165) is 22.5 Å². The minimum absolute atomic E-state index is 0.200. The fourth-order valence-corrected chi connectivity index (χ4v) is 5.29. The van der Waals surface area contributed by atoms with Gasteiger partial charge in [0, 0.05) is 17.3 Å². The average molecular weight is 543 g/mol. The Hall–Kier alpha value is -5.30. The van der Waals surface area contributed by atoms with E-state index in [1.807, 2.05) is 129 Å². The number of ether oxygens (including phenoxy) is 1. The summed E-state index contributed by atoms with van der Waals surface area (Å²) in [6, 6.07) is 36.5. The molecule has 0 radical (unpaired) electrons. The van der Waals surface area contributed by atoms with Crippen LogP contribution in [0, 0.1) is 13.8 Å². The first-order valence-electron chi connectivity index (χ1n) is 13.5. The van der Waals surface area contributed by atoms with Gasteiger partial charge in [0.2, 0.25) is 0 Å². The highest BCUT2D eigenvalue weighted by atomic mass is 16.5. The summed E-state index contributed by atoms with van der Waals surface area (Å²) in [6.45, 7) is 4.19. The van der Waals surface area contributed by atoms with E-state index in [0.29, 0.717) is 34.9 Å². The van der Waals surface area contributed by atoms with Gasteiger partial charge in [0.05, 0.1) is 22.5 Å². The quantitative estimate of drug-likeness (QED) is 0.247. The summed E-state index contributed by atoms with van der Waals surface area (Å²) in [5.74, 6) is 0.0944. The molecule has 4 aromatic carbocycles. The monoisotopic (exact) mass is 542 g/mol. The molecule has 0 saturated heterocycles. The Labute approximate surface area is 237 Å².